The van der Waals surface area contributed by atoms with Crippen molar-refractivity contribution in [2.45, 2.75) is 19.4 Å². The number of halogens is 1. The average molecular weight is 227 g/mol. The van der Waals surface area contributed by atoms with Crippen molar-refractivity contribution in [3.8, 4) is 0 Å². The Kier molecular flexibility index (Phi) is 4.59. The Morgan fingerprint density at radius 3 is 2.93 bits per heavy atom. The van der Waals surface area contributed by atoms with E-state index in [1.165, 1.54) is 0 Å². The van der Waals surface area contributed by atoms with Crippen molar-refractivity contribution < 1.29 is 4.79 Å². The highest BCUT2D eigenvalue weighted by Crippen LogP contribution is 2.10. The zero-order valence-corrected chi connectivity index (χ0v) is 9.42. The minimum absolute atomic E-state index is 0.128. The van der Waals surface area contributed by atoms with E-state index in [9.17, 15) is 4.79 Å². The highest BCUT2D eigenvalue weighted by Gasteiger charge is 2.05. The van der Waals surface area contributed by atoms with Gasteiger partial charge in [0.05, 0.1) is 6.04 Å². The molecule has 3 N–H and O–H groups in total. The zero-order valence-electron chi connectivity index (χ0n) is 8.66. The third kappa shape index (κ3) is 4.32. The summed E-state index contributed by atoms with van der Waals surface area (Å²) in [6.07, 6.45) is 0.763. The molecule has 0 aliphatic heterocycles. The zero-order chi connectivity index (χ0) is 11.3. The van der Waals surface area contributed by atoms with E-state index in [-0.39, 0.29) is 5.91 Å². The smallest absolute Gasteiger partial charge is 0.236 e. The predicted molar refractivity (Wildman–Crippen MR) is 61.8 cm³/mol. The van der Waals surface area contributed by atoms with E-state index in [0.29, 0.717) is 11.6 Å². The van der Waals surface area contributed by atoms with Crippen molar-refractivity contribution in [3.63, 3.8) is 0 Å². The Labute approximate surface area is 94.6 Å². The molecule has 0 spiro atoms. The van der Waals surface area contributed by atoms with Crippen LogP contribution in [0.5, 0.6) is 0 Å². The number of amides is 1. The van der Waals surface area contributed by atoms with Crippen LogP contribution in [0, 0.1) is 0 Å². The summed E-state index contributed by atoms with van der Waals surface area (Å²) in [6.45, 7) is 2.25. The molecule has 82 valence electrons. The summed E-state index contributed by atoms with van der Waals surface area (Å²) in [4.78, 5) is 11.1. The molecule has 1 atom stereocenters. The first-order chi connectivity index (χ1) is 7.09. The maximum Gasteiger partial charge on any atom is 0.236 e. The minimum atomic E-state index is -0.454. The number of carbonyl (C=O) groups excluding carboxylic acids is 1. The van der Waals surface area contributed by atoms with Crippen LogP contribution in [0.25, 0.3) is 0 Å². The predicted octanol–water partition coefficient (Wildman–Crippen LogP) is 1.35. The molecule has 0 aliphatic rings. The van der Waals surface area contributed by atoms with E-state index >= 15 is 0 Å². The van der Waals surface area contributed by atoms with Gasteiger partial charge in [-0.15, -0.1) is 0 Å². The first-order valence-electron chi connectivity index (χ1n) is 4.87. The van der Waals surface area contributed by atoms with Gasteiger partial charge in [-0.2, -0.15) is 0 Å². The molecule has 0 aromatic heterocycles. The number of rotatable bonds is 4. The van der Waals surface area contributed by atoms with Gasteiger partial charge in [0.2, 0.25) is 5.91 Å². The lowest BCUT2D eigenvalue weighted by atomic mass is 10.1. The van der Waals surface area contributed by atoms with Gasteiger partial charge in [0.15, 0.2) is 0 Å². The number of hydrogen-bond donors (Lipinski definition) is 2. The molecular formula is C11H15ClN2O. The number of nitrogens with two attached hydrogens (primary N) is 1. The second-order valence-electron chi connectivity index (χ2n) is 3.46. The highest BCUT2D eigenvalue weighted by atomic mass is 35.5. The Bertz CT molecular complexity index is 339. The summed E-state index contributed by atoms with van der Waals surface area (Å²) in [5, 5.41) is 3.46. The molecule has 4 heteroatoms. The Hall–Kier alpha value is -1.06. The first kappa shape index (κ1) is 12.0. The Morgan fingerprint density at radius 2 is 2.33 bits per heavy atom. The molecular weight excluding hydrogens is 212 g/mol. The monoisotopic (exact) mass is 226 g/mol. The fourth-order valence-corrected chi connectivity index (χ4v) is 1.40. The number of carbonyl (C=O) groups is 1. The quantitative estimate of drug-likeness (QED) is 0.814. The third-order valence-electron chi connectivity index (χ3n) is 2.02. The SMILES string of the molecule is C[C@H](N)C(=O)NCCc1cccc(Cl)c1. The van der Waals surface area contributed by atoms with E-state index in [4.69, 9.17) is 17.3 Å². The lowest BCUT2D eigenvalue weighted by Crippen LogP contribution is -2.39. The van der Waals surface area contributed by atoms with Gasteiger partial charge in [-0.1, -0.05) is 23.7 Å². The van der Waals surface area contributed by atoms with Crippen molar-refractivity contribution in [1.82, 2.24) is 5.32 Å². The summed E-state index contributed by atoms with van der Waals surface area (Å²) in [5.41, 5.74) is 6.51. The third-order valence-corrected chi connectivity index (χ3v) is 2.25. The van der Waals surface area contributed by atoms with Crippen molar-refractivity contribution in [3.05, 3.63) is 34.9 Å². The molecule has 0 saturated heterocycles. The van der Waals surface area contributed by atoms with E-state index in [1.54, 1.807) is 6.92 Å². The van der Waals surface area contributed by atoms with Crippen LogP contribution in [-0.4, -0.2) is 18.5 Å². The van der Waals surface area contributed by atoms with Crippen LogP contribution >= 0.6 is 11.6 Å². The fourth-order valence-electron chi connectivity index (χ4n) is 1.18. The van der Waals surface area contributed by atoms with Crippen molar-refractivity contribution in [2.75, 3.05) is 6.54 Å². The molecule has 1 aromatic rings. The fraction of sp³-hybridized carbons (Fsp3) is 0.364. The normalized spacial score (nSPS) is 12.2. The van der Waals surface area contributed by atoms with Crippen LogP contribution in [0.2, 0.25) is 5.02 Å². The topological polar surface area (TPSA) is 55.1 Å². The van der Waals surface area contributed by atoms with E-state index in [2.05, 4.69) is 5.32 Å². The molecule has 0 fully saturated rings. The molecule has 15 heavy (non-hydrogen) atoms. The van der Waals surface area contributed by atoms with Crippen LogP contribution < -0.4 is 11.1 Å². The second-order valence-corrected chi connectivity index (χ2v) is 3.90. The largest absolute Gasteiger partial charge is 0.354 e. The van der Waals surface area contributed by atoms with Crippen LogP contribution in [0.3, 0.4) is 0 Å². The average Bonchev–Trinajstić information content (AvgIpc) is 2.17. The van der Waals surface area contributed by atoms with Gasteiger partial charge < -0.3 is 11.1 Å². The van der Waals surface area contributed by atoms with E-state index in [1.807, 2.05) is 24.3 Å². The van der Waals surface area contributed by atoms with Gasteiger partial charge in [0, 0.05) is 11.6 Å². The number of benzene rings is 1. The Morgan fingerprint density at radius 1 is 1.60 bits per heavy atom. The molecule has 0 bridgehead atoms. The molecule has 0 heterocycles. The van der Waals surface area contributed by atoms with Gasteiger partial charge in [-0.05, 0) is 31.0 Å². The molecule has 1 amide bonds. The van der Waals surface area contributed by atoms with Crippen molar-refractivity contribution >= 4 is 17.5 Å². The molecule has 1 aromatic carbocycles. The molecule has 3 nitrogen and oxygen atoms in total. The number of nitrogens with one attached hydrogen (secondary N) is 1. The second kappa shape index (κ2) is 5.73. The molecule has 0 aliphatic carbocycles. The van der Waals surface area contributed by atoms with Crippen LogP contribution in [0.15, 0.2) is 24.3 Å². The van der Waals surface area contributed by atoms with Gasteiger partial charge >= 0.3 is 0 Å². The standard InChI is InChI=1S/C11H15ClN2O/c1-8(13)11(15)14-6-5-9-3-2-4-10(12)7-9/h2-4,7-8H,5-6,13H2,1H3,(H,14,15)/t8-/m0/s1. The molecule has 1 rings (SSSR count). The maximum atomic E-state index is 11.1. The summed E-state index contributed by atoms with van der Waals surface area (Å²) < 4.78 is 0. The number of hydrogen-bond acceptors (Lipinski definition) is 2. The first-order valence-corrected chi connectivity index (χ1v) is 5.25. The molecule has 0 unspecified atom stereocenters. The van der Waals surface area contributed by atoms with Crippen LogP contribution in [0.1, 0.15) is 12.5 Å². The maximum absolute atomic E-state index is 11.1. The Balaban J connectivity index is 2.35. The highest BCUT2D eigenvalue weighted by molar-refractivity contribution is 6.30. The van der Waals surface area contributed by atoms with Gasteiger partial charge in [-0.3, -0.25) is 4.79 Å². The van der Waals surface area contributed by atoms with Gasteiger partial charge in [0.1, 0.15) is 0 Å². The van der Waals surface area contributed by atoms with Gasteiger partial charge in [-0.25, -0.2) is 0 Å². The summed E-state index contributed by atoms with van der Waals surface area (Å²) in [6, 6.07) is 7.13. The minimum Gasteiger partial charge on any atom is -0.354 e. The molecule has 0 saturated carbocycles. The van der Waals surface area contributed by atoms with Crippen LogP contribution in [0.4, 0.5) is 0 Å². The lowest BCUT2D eigenvalue weighted by molar-refractivity contribution is -0.121. The van der Waals surface area contributed by atoms with E-state index in [0.717, 1.165) is 12.0 Å². The van der Waals surface area contributed by atoms with Crippen molar-refractivity contribution in [2.24, 2.45) is 5.73 Å². The lowest BCUT2D eigenvalue weighted by Gasteiger charge is -2.07. The van der Waals surface area contributed by atoms with Gasteiger partial charge in [0.25, 0.3) is 0 Å². The van der Waals surface area contributed by atoms with Crippen molar-refractivity contribution in [1.29, 1.82) is 0 Å². The summed E-state index contributed by atoms with van der Waals surface area (Å²) >= 11 is 5.83. The molecule has 0 radical (unpaired) electrons. The summed E-state index contributed by atoms with van der Waals surface area (Å²) in [7, 11) is 0. The van der Waals surface area contributed by atoms with Crippen LogP contribution in [-0.2, 0) is 11.2 Å². The summed E-state index contributed by atoms with van der Waals surface area (Å²) in [5.74, 6) is -0.128. The van der Waals surface area contributed by atoms with E-state index < -0.39 is 6.04 Å².